The average Bonchev–Trinajstić information content (AvgIpc) is 2.69. The minimum atomic E-state index is -1.64. The van der Waals surface area contributed by atoms with Gasteiger partial charge < -0.3 is 0 Å². The van der Waals surface area contributed by atoms with E-state index in [0.29, 0.717) is 0 Å². The molecule has 0 unspecified atom stereocenters. The molecule has 0 aliphatic carbocycles. The molecule has 0 saturated heterocycles. The fourth-order valence-electron chi connectivity index (χ4n) is 4.38. The van der Waals surface area contributed by atoms with Gasteiger partial charge in [0.25, 0.3) is 0 Å². The third-order valence-corrected chi connectivity index (χ3v) is 17.4. The highest BCUT2D eigenvalue weighted by atomic mass is 32.1. The molecule has 0 aliphatic rings. The summed E-state index contributed by atoms with van der Waals surface area (Å²) < 4.78 is 0. The molecule has 0 atom stereocenters. The van der Waals surface area contributed by atoms with E-state index in [0.717, 1.165) is 14.7 Å². The second kappa shape index (κ2) is 10.3. The lowest BCUT2D eigenvalue weighted by Crippen LogP contribution is -2.49. The number of benzene rings is 3. The van der Waals surface area contributed by atoms with Gasteiger partial charge in [0.05, 0.1) is 24.2 Å². The molecule has 0 N–H and O–H groups in total. The molecular formula is C27H39PS3Si3. The van der Waals surface area contributed by atoms with Crippen LogP contribution in [0.2, 0.25) is 58.9 Å². The van der Waals surface area contributed by atoms with Crippen molar-refractivity contribution in [2.24, 2.45) is 0 Å². The Morgan fingerprint density at radius 3 is 1.24 bits per heavy atom. The maximum atomic E-state index is 5.22. The molecular weight excluding hydrogens is 536 g/mol. The molecule has 0 heterocycles. The van der Waals surface area contributed by atoms with Crippen LogP contribution in [0.4, 0.5) is 0 Å². The van der Waals surface area contributed by atoms with Crippen molar-refractivity contribution in [3.8, 4) is 0 Å². The summed E-state index contributed by atoms with van der Waals surface area (Å²) in [7, 11) is -5.64. The number of hydrogen-bond acceptors (Lipinski definition) is 3. The van der Waals surface area contributed by atoms with Crippen molar-refractivity contribution in [3.63, 3.8) is 0 Å². The van der Waals surface area contributed by atoms with Gasteiger partial charge >= 0.3 is 0 Å². The summed E-state index contributed by atoms with van der Waals surface area (Å²) in [6.07, 6.45) is 0. The minimum Gasteiger partial charge on any atom is -0.143 e. The molecule has 182 valence electrons. The monoisotopic (exact) mass is 574 g/mol. The van der Waals surface area contributed by atoms with Gasteiger partial charge in [-0.25, -0.2) is 0 Å². The summed E-state index contributed by atoms with van der Waals surface area (Å²) in [5.74, 6) is 0. The van der Waals surface area contributed by atoms with Gasteiger partial charge in [-0.2, -0.15) is 0 Å². The summed E-state index contributed by atoms with van der Waals surface area (Å²) in [6, 6.07) is 20.4. The van der Waals surface area contributed by atoms with Gasteiger partial charge in [-0.1, -0.05) is 113 Å². The van der Waals surface area contributed by atoms with E-state index in [1.165, 1.54) is 31.5 Å². The van der Waals surface area contributed by atoms with Crippen LogP contribution in [0.1, 0.15) is 0 Å². The van der Waals surface area contributed by atoms with Crippen LogP contribution in [0.3, 0.4) is 0 Å². The molecule has 34 heavy (non-hydrogen) atoms. The Kier molecular flexibility index (Phi) is 8.57. The van der Waals surface area contributed by atoms with E-state index in [4.69, 9.17) is 37.9 Å². The van der Waals surface area contributed by atoms with Crippen LogP contribution >= 0.6 is 45.8 Å². The normalized spacial score (nSPS) is 13.0. The van der Waals surface area contributed by atoms with Gasteiger partial charge in [-0.3, -0.25) is 0 Å². The van der Waals surface area contributed by atoms with Crippen LogP contribution < -0.4 is 31.5 Å². The van der Waals surface area contributed by atoms with Crippen LogP contribution in [0.15, 0.2) is 69.3 Å². The zero-order valence-electron chi connectivity index (χ0n) is 22.0. The van der Waals surface area contributed by atoms with Crippen molar-refractivity contribution < 1.29 is 0 Å². The Bertz CT molecular complexity index is 1140. The summed E-state index contributed by atoms with van der Waals surface area (Å²) in [6.45, 7) is 21.8. The van der Waals surface area contributed by atoms with E-state index in [9.17, 15) is 0 Å². The third-order valence-electron chi connectivity index (χ3n) is 6.17. The number of hydrogen-bond donors (Lipinski definition) is 3. The topological polar surface area (TPSA) is 0 Å². The summed E-state index contributed by atoms with van der Waals surface area (Å²) in [5.41, 5.74) is 0. The first-order valence-electron chi connectivity index (χ1n) is 11.8. The molecule has 0 saturated carbocycles. The van der Waals surface area contributed by atoms with Gasteiger partial charge in [-0.15, -0.1) is 37.9 Å². The van der Waals surface area contributed by atoms with Crippen molar-refractivity contribution in [2.45, 2.75) is 73.6 Å². The number of rotatable bonds is 6. The fourth-order valence-corrected chi connectivity index (χ4v) is 16.3. The highest BCUT2D eigenvalue weighted by molar-refractivity contribution is 7.87. The van der Waals surface area contributed by atoms with Crippen molar-refractivity contribution in [1.82, 2.24) is 0 Å². The smallest absolute Gasteiger partial charge is 0.0790 e. The molecule has 3 aromatic carbocycles. The molecule has 0 radical (unpaired) electrons. The Morgan fingerprint density at radius 2 is 0.853 bits per heavy atom. The van der Waals surface area contributed by atoms with E-state index in [1.807, 2.05) is 0 Å². The van der Waals surface area contributed by atoms with Gasteiger partial charge in [0.2, 0.25) is 0 Å². The summed E-state index contributed by atoms with van der Waals surface area (Å²) >= 11 is 15.5. The first kappa shape index (κ1) is 28.4. The average molecular weight is 575 g/mol. The van der Waals surface area contributed by atoms with Gasteiger partial charge in [0.15, 0.2) is 0 Å². The first-order chi connectivity index (χ1) is 15.5. The van der Waals surface area contributed by atoms with E-state index in [-0.39, 0.29) is 0 Å². The van der Waals surface area contributed by atoms with Crippen molar-refractivity contribution in [1.29, 1.82) is 0 Å². The predicted molar refractivity (Wildman–Crippen MR) is 176 cm³/mol. The van der Waals surface area contributed by atoms with E-state index in [1.54, 1.807) is 0 Å². The molecule has 0 bridgehead atoms. The second-order valence-corrected chi connectivity index (χ2v) is 30.7. The first-order valence-corrected chi connectivity index (χ1v) is 25.0. The SMILES string of the molecule is C[Si](C)(C)c1cccc(P(c2cccc([Si](C)(C)C)c2S)c2c(S)cccc2[Si](C)(C)C)c1S. The zero-order chi connectivity index (χ0) is 25.6. The highest BCUT2D eigenvalue weighted by Gasteiger charge is 2.33. The van der Waals surface area contributed by atoms with Crippen LogP contribution in [0.25, 0.3) is 0 Å². The lowest BCUT2D eigenvalue weighted by Gasteiger charge is -2.32. The largest absolute Gasteiger partial charge is 0.143 e. The predicted octanol–water partition coefficient (Wildman–Crippen LogP) is 5.95. The van der Waals surface area contributed by atoms with E-state index in [2.05, 4.69) is 114 Å². The van der Waals surface area contributed by atoms with Crippen LogP contribution in [0.5, 0.6) is 0 Å². The van der Waals surface area contributed by atoms with E-state index >= 15 is 0 Å². The molecule has 0 spiro atoms. The summed E-state index contributed by atoms with van der Waals surface area (Å²) in [5, 5.41) is 8.40. The molecule has 0 fully saturated rings. The fraction of sp³-hybridized carbons (Fsp3) is 0.333. The minimum absolute atomic E-state index is 0.870. The van der Waals surface area contributed by atoms with Gasteiger partial charge in [0.1, 0.15) is 0 Å². The standard InChI is InChI=1S/C27H39PS3Si3/c1-32(2,3)22-16-12-15-21(29)25(22)28(19-13-10-17-23(26(19)30)33(4,5)6)20-14-11-18-24(27(20)31)34(7,8)9/h10-18,29-31H,1-9H3. The molecule has 3 rings (SSSR count). The quantitative estimate of drug-likeness (QED) is 0.181. The van der Waals surface area contributed by atoms with Crippen molar-refractivity contribution >= 4 is 102 Å². The molecule has 0 nitrogen and oxygen atoms in total. The molecule has 0 aromatic heterocycles. The molecule has 3 aromatic rings. The van der Waals surface area contributed by atoms with Crippen LogP contribution in [-0.2, 0) is 0 Å². The Hall–Kier alpha value is -0.209. The Balaban J connectivity index is 2.49. The van der Waals surface area contributed by atoms with Gasteiger partial charge in [0, 0.05) is 14.7 Å². The highest BCUT2D eigenvalue weighted by Crippen LogP contribution is 2.39. The molecule has 7 heteroatoms. The third kappa shape index (κ3) is 5.85. The second-order valence-electron chi connectivity index (χ2n) is 12.1. The zero-order valence-corrected chi connectivity index (χ0v) is 28.6. The lowest BCUT2D eigenvalue weighted by molar-refractivity contribution is 1.52. The Morgan fingerprint density at radius 1 is 0.500 bits per heavy atom. The lowest BCUT2D eigenvalue weighted by atomic mass is 10.3. The Labute approximate surface area is 228 Å². The van der Waals surface area contributed by atoms with Crippen LogP contribution in [-0.4, -0.2) is 24.2 Å². The maximum Gasteiger partial charge on any atom is 0.0790 e. The van der Waals surface area contributed by atoms with E-state index < -0.39 is 32.1 Å². The molecule has 0 aliphatic heterocycles. The number of thiol groups is 3. The maximum absolute atomic E-state index is 5.22. The van der Waals surface area contributed by atoms with Gasteiger partial charge in [-0.05, 0) is 40.3 Å². The summed E-state index contributed by atoms with van der Waals surface area (Å²) in [4.78, 5) is 3.41. The van der Waals surface area contributed by atoms with Crippen LogP contribution in [0, 0.1) is 0 Å². The van der Waals surface area contributed by atoms with Crippen molar-refractivity contribution in [2.75, 3.05) is 0 Å². The molecule has 0 amide bonds. The van der Waals surface area contributed by atoms with Crippen molar-refractivity contribution in [3.05, 3.63) is 54.6 Å².